The highest BCUT2D eigenvalue weighted by Gasteiger charge is 2.34. The van der Waals surface area contributed by atoms with E-state index in [1.54, 1.807) is 0 Å². The highest BCUT2D eigenvalue weighted by molar-refractivity contribution is 5.80. The monoisotopic (exact) mass is 262 g/mol. The molecule has 1 aromatic rings. The van der Waals surface area contributed by atoms with Crippen molar-refractivity contribution in [2.75, 3.05) is 19.6 Å². The van der Waals surface area contributed by atoms with Gasteiger partial charge in [0.05, 0.1) is 5.92 Å². The number of amides is 1. The molecule has 2 aliphatic heterocycles. The highest BCUT2D eigenvalue weighted by atomic mass is 16.2. The molecule has 3 rings (SSSR count). The van der Waals surface area contributed by atoms with E-state index in [1.165, 1.54) is 0 Å². The summed E-state index contributed by atoms with van der Waals surface area (Å²) in [7, 11) is 0. The maximum Gasteiger partial charge on any atom is 0.227 e. The Morgan fingerprint density at radius 1 is 1.53 bits per heavy atom. The second-order valence-corrected chi connectivity index (χ2v) is 5.64. The summed E-state index contributed by atoms with van der Waals surface area (Å²) in [5, 5.41) is 3.28. The molecule has 0 radical (unpaired) electrons. The SMILES string of the molecule is Cc1nccn1CC1CCCN1C(=O)C1CCNC1. The molecule has 2 unspecified atom stereocenters. The Morgan fingerprint density at radius 2 is 2.42 bits per heavy atom. The number of rotatable bonds is 3. The zero-order valence-electron chi connectivity index (χ0n) is 11.5. The maximum absolute atomic E-state index is 12.5. The van der Waals surface area contributed by atoms with Gasteiger partial charge in [-0.3, -0.25) is 4.79 Å². The topological polar surface area (TPSA) is 50.2 Å². The minimum atomic E-state index is 0.199. The zero-order valence-corrected chi connectivity index (χ0v) is 11.5. The second-order valence-electron chi connectivity index (χ2n) is 5.64. The van der Waals surface area contributed by atoms with E-state index in [2.05, 4.69) is 19.8 Å². The maximum atomic E-state index is 12.5. The van der Waals surface area contributed by atoms with Crippen LogP contribution >= 0.6 is 0 Å². The van der Waals surface area contributed by atoms with Gasteiger partial charge in [0.2, 0.25) is 5.91 Å². The molecule has 104 valence electrons. The van der Waals surface area contributed by atoms with E-state index < -0.39 is 0 Å². The molecule has 19 heavy (non-hydrogen) atoms. The van der Waals surface area contributed by atoms with Gasteiger partial charge in [0.15, 0.2) is 0 Å². The van der Waals surface area contributed by atoms with Crippen molar-refractivity contribution >= 4 is 5.91 Å². The first-order valence-electron chi connectivity index (χ1n) is 7.24. The van der Waals surface area contributed by atoms with E-state index in [4.69, 9.17) is 0 Å². The molecule has 0 aliphatic carbocycles. The van der Waals surface area contributed by atoms with E-state index in [-0.39, 0.29) is 5.92 Å². The van der Waals surface area contributed by atoms with Crippen LogP contribution in [0.15, 0.2) is 12.4 Å². The Labute approximate surface area is 114 Å². The molecule has 0 spiro atoms. The molecule has 0 bridgehead atoms. The number of nitrogens with one attached hydrogen (secondary N) is 1. The molecule has 1 N–H and O–H groups in total. The van der Waals surface area contributed by atoms with Gasteiger partial charge in [0.25, 0.3) is 0 Å². The molecule has 0 saturated carbocycles. The lowest BCUT2D eigenvalue weighted by atomic mass is 10.1. The predicted molar refractivity (Wildman–Crippen MR) is 72.7 cm³/mol. The molecule has 5 nitrogen and oxygen atoms in total. The van der Waals surface area contributed by atoms with Crippen LogP contribution in [0, 0.1) is 12.8 Å². The van der Waals surface area contributed by atoms with Crippen molar-refractivity contribution in [2.24, 2.45) is 5.92 Å². The van der Waals surface area contributed by atoms with Crippen LogP contribution in [0.2, 0.25) is 0 Å². The fourth-order valence-corrected chi connectivity index (χ4v) is 3.24. The third-order valence-electron chi connectivity index (χ3n) is 4.40. The smallest absolute Gasteiger partial charge is 0.227 e. The Kier molecular flexibility index (Phi) is 3.55. The van der Waals surface area contributed by atoms with Gasteiger partial charge in [-0.25, -0.2) is 4.98 Å². The fourth-order valence-electron chi connectivity index (χ4n) is 3.24. The number of hydrogen-bond acceptors (Lipinski definition) is 3. The molecule has 1 aromatic heterocycles. The zero-order chi connectivity index (χ0) is 13.2. The fraction of sp³-hybridized carbons (Fsp3) is 0.714. The standard InChI is InChI=1S/C14H22N4O/c1-11-16-6-8-17(11)10-13-3-2-7-18(13)14(19)12-4-5-15-9-12/h6,8,12-13,15H,2-5,7,9-10H2,1H3. The van der Waals surface area contributed by atoms with E-state index in [1.807, 2.05) is 19.3 Å². The van der Waals surface area contributed by atoms with Crippen molar-refractivity contribution in [1.82, 2.24) is 19.8 Å². The minimum absolute atomic E-state index is 0.199. The first kappa shape index (κ1) is 12.7. The summed E-state index contributed by atoms with van der Waals surface area (Å²) in [5.74, 6) is 1.58. The third kappa shape index (κ3) is 2.52. The van der Waals surface area contributed by atoms with Crippen LogP contribution in [-0.4, -0.2) is 46.0 Å². The minimum Gasteiger partial charge on any atom is -0.338 e. The number of likely N-dealkylation sites (tertiary alicyclic amines) is 1. The van der Waals surface area contributed by atoms with Crippen LogP contribution < -0.4 is 5.32 Å². The van der Waals surface area contributed by atoms with Gasteiger partial charge in [-0.15, -0.1) is 0 Å². The summed E-state index contributed by atoms with van der Waals surface area (Å²) in [6.07, 6.45) is 7.07. The lowest BCUT2D eigenvalue weighted by molar-refractivity contribution is -0.135. The largest absolute Gasteiger partial charge is 0.338 e. The van der Waals surface area contributed by atoms with Gasteiger partial charge in [0, 0.05) is 38.1 Å². The Morgan fingerprint density at radius 3 is 3.11 bits per heavy atom. The van der Waals surface area contributed by atoms with Crippen molar-refractivity contribution in [3.63, 3.8) is 0 Å². The van der Waals surface area contributed by atoms with Gasteiger partial charge in [-0.1, -0.05) is 0 Å². The number of nitrogens with zero attached hydrogens (tertiary/aromatic N) is 3. The summed E-state index contributed by atoms with van der Waals surface area (Å²) in [5.41, 5.74) is 0. The van der Waals surface area contributed by atoms with Crippen LogP contribution in [0.4, 0.5) is 0 Å². The molecule has 2 atom stereocenters. The molecular formula is C14H22N4O. The van der Waals surface area contributed by atoms with Crippen LogP contribution in [0.5, 0.6) is 0 Å². The molecule has 2 saturated heterocycles. The number of aromatic nitrogens is 2. The van der Waals surface area contributed by atoms with Gasteiger partial charge >= 0.3 is 0 Å². The number of imidazole rings is 1. The summed E-state index contributed by atoms with van der Waals surface area (Å²) in [6, 6.07) is 0.348. The summed E-state index contributed by atoms with van der Waals surface area (Å²) < 4.78 is 2.16. The van der Waals surface area contributed by atoms with Gasteiger partial charge < -0.3 is 14.8 Å². The first-order valence-corrected chi connectivity index (χ1v) is 7.24. The summed E-state index contributed by atoms with van der Waals surface area (Å²) in [6.45, 7) is 5.66. The van der Waals surface area contributed by atoms with Crippen molar-refractivity contribution in [3.8, 4) is 0 Å². The van der Waals surface area contributed by atoms with E-state index in [0.717, 1.165) is 51.3 Å². The van der Waals surface area contributed by atoms with Crippen LogP contribution in [0.3, 0.4) is 0 Å². The quantitative estimate of drug-likeness (QED) is 0.876. The number of carbonyl (C=O) groups excluding carboxylic acids is 1. The van der Waals surface area contributed by atoms with E-state index in [9.17, 15) is 4.79 Å². The Balaban J connectivity index is 1.67. The Bertz CT molecular complexity index is 450. The first-order chi connectivity index (χ1) is 9.25. The van der Waals surface area contributed by atoms with Crippen molar-refractivity contribution in [3.05, 3.63) is 18.2 Å². The molecule has 1 amide bonds. The molecule has 3 heterocycles. The number of hydrogen-bond donors (Lipinski definition) is 1. The highest BCUT2D eigenvalue weighted by Crippen LogP contribution is 2.23. The number of carbonyl (C=O) groups is 1. The van der Waals surface area contributed by atoms with E-state index in [0.29, 0.717) is 11.9 Å². The normalized spacial score (nSPS) is 27.1. The van der Waals surface area contributed by atoms with E-state index >= 15 is 0 Å². The lowest BCUT2D eigenvalue weighted by Gasteiger charge is -2.27. The van der Waals surface area contributed by atoms with Crippen LogP contribution in [0.25, 0.3) is 0 Å². The lowest BCUT2D eigenvalue weighted by Crippen LogP contribution is -2.42. The van der Waals surface area contributed by atoms with Crippen molar-refractivity contribution in [2.45, 2.75) is 38.8 Å². The van der Waals surface area contributed by atoms with Gasteiger partial charge in [-0.05, 0) is 32.7 Å². The third-order valence-corrected chi connectivity index (χ3v) is 4.40. The molecule has 2 fully saturated rings. The molecule has 0 aromatic carbocycles. The van der Waals surface area contributed by atoms with Gasteiger partial charge in [-0.2, -0.15) is 0 Å². The average molecular weight is 262 g/mol. The molecular weight excluding hydrogens is 240 g/mol. The average Bonchev–Trinajstić information content (AvgIpc) is 3.12. The van der Waals surface area contributed by atoms with Crippen LogP contribution in [0.1, 0.15) is 25.1 Å². The van der Waals surface area contributed by atoms with Crippen LogP contribution in [-0.2, 0) is 11.3 Å². The predicted octanol–water partition coefficient (Wildman–Crippen LogP) is 0.792. The van der Waals surface area contributed by atoms with Crippen molar-refractivity contribution < 1.29 is 4.79 Å². The molecule has 2 aliphatic rings. The molecule has 5 heteroatoms. The van der Waals surface area contributed by atoms with Crippen molar-refractivity contribution in [1.29, 1.82) is 0 Å². The second kappa shape index (κ2) is 5.33. The summed E-state index contributed by atoms with van der Waals surface area (Å²) in [4.78, 5) is 18.9. The summed E-state index contributed by atoms with van der Waals surface area (Å²) >= 11 is 0. The van der Waals surface area contributed by atoms with Gasteiger partial charge in [0.1, 0.15) is 5.82 Å². The number of aryl methyl sites for hydroxylation is 1. The Hall–Kier alpha value is -1.36.